The topological polar surface area (TPSA) is 80.5 Å². The highest BCUT2D eigenvalue weighted by atomic mass is 35.5. The third kappa shape index (κ3) is 5.49. The smallest absolute Gasteiger partial charge is 0.253 e. The van der Waals surface area contributed by atoms with Crippen molar-refractivity contribution in [2.24, 2.45) is 0 Å². The van der Waals surface area contributed by atoms with Gasteiger partial charge in [-0.15, -0.1) is 24.8 Å². The van der Waals surface area contributed by atoms with Crippen LogP contribution in [0, 0.1) is 0 Å². The van der Waals surface area contributed by atoms with Crippen LogP contribution < -0.4 is 16.0 Å². The number of carbonyl (C=O) groups is 1. The molecule has 1 aromatic carbocycles. The zero-order valence-electron chi connectivity index (χ0n) is 13.7. The average molecular weight is 385 g/mol. The highest BCUT2D eigenvalue weighted by Gasteiger charge is 2.13. The molecule has 2 aromatic rings. The lowest BCUT2D eigenvalue weighted by molar-refractivity contribution is 0.0952. The number of aromatic nitrogens is 1. The monoisotopic (exact) mass is 384 g/mol. The highest BCUT2D eigenvalue weighted by Crippen LogP contribution is 2.15. The standard InChI is InChI=1S/C17H20N4O2.2ClH/c18-15-4-2-1-3-14(15)17(22)20-12-13-5-6-19-16(11-13)21-7-9-23-10-8-21;;/h1-6,11H,7-10,12,18H2,(H,20,22);2*1H. The minimum absolute atomic E-state index is 0. The summed E-state index contributed by atoms with van der Waals surface area (Å²) >= 11 is 0. The first-order valence-electron chi connectivity index (χ1n) is 7.64. The molecule has 0 unspecified atom stereocenters. The second-order valence-electron chi connectivity index (χ2n) is 5.39. The van der Waals surface area contributed by atoms with Crippen LogP contribution in [-0.4, -0.2) is 37.2 Å². The summed E-state index contributed by atoms with van der Waals surface area (Å²) in [5.41, 5.74) is 7.80. The van der Waals surface area contributed by atoms with Crippen molar-refractivity contribution in [2.75, 3.05) is 36.9 Å². The molecule has 6 nitrogen and oxygen atoms in total. The van der Waals surface area contributed by atoms with Gasteiger partial charge >= 0.3 is 0 Å². The first-order chi connectivity index (χ1) is 11.2. The lowest BCUT2D eigenvalue weighted by Gasteiger charge is -2.28. The van der Waals surface area contributed by atoms with Crippen LogP contribution in [0.2, 0.25) is 0 Å². The van der Waals surface area contributed by atoms with Gasteiger partial charge in [-0.1, -0.05) is 12.1 Å². The summed E-state index contributed by atoms with van der Waals surface area (Å²) in [5, 5.41) is 2.90. The molecule has 3 rings (SSSR count). The van der Waals surface area contributed by atoms with Gasteiger partial charge in [0.25, 0.3) is 5.91 Å². The van der Waals surface area contributed by atoms with Gasteiger partial charge in [0.2, 0.25) is 0 Å². The quantitative estimate of drug-likeness (QED) is 0.790. The van der Waals surface area contributed by atoms with E-state index in [0.29, 0.717) is 17.8 Å². The Morgan fingerprint density at radius 3 is 2.64 bits per heavy atom. The van der Waals surface area contributed by atoms with E-state index in [-0.39, 0.29) is 30.7 Å². The summed E-state index contributed by atoms with van der Waals surface area (Å²) in [7, 11) is 0. The fourth-order valence-corrected chi connectivity index (χ4v) is 2.52. The van der Waals surface area contributed by atoms with Crippen LogP contribution in [-0.2, 0) is 11.3 Å². The van der Waals surface area contributed by atoms with Gasteiger partial charge in [0.05, 0.1) is 18.8 Å². The molecule has 1 fully saturated rings. The van der Waals surface area contributed by atoms with Gasteiger partial charge in [-0.2, -0.15) is 0 Å². The first-order valence-corrected chi connectivity index (χ1v) is 7.64. The van der Waals surface area contributed by atoms with E-state index in [4.69, 9.17) is 10.5 Å². The van der Waals surface area contributed by atoms with E-state index < -0.39 is 0 Å². The SMILES string of the molecule is Cl.Cl.Nc1ccccc1C(=O)NCc1ccnc(N2CCOCC2)c1. The molecule has 8 heteroatoms. The molecule has 0 radical (unpaired) electrons. The number of hydrogen-bond donors (Lipinski definition) is 2. The van der Waals surface area contributed by atoms with Crippen LogP contribution in [0.3, 0.4) is 0 Å². The van der Waals surface area contributed by atoms with E-state index >= 15 is 0 Å². The Bertz CT molecular complexity index is 694. The zero-order chi connectivity index (χ0) is 16.1. The molecule has 1 aromatic heterocycles. The van der Waals surface area contributed by atoms with Gasteiger partial charge < -0.3 is 20.7 Å². The Labute approximate surface area is 159 Å². The Balaban J connectivity index is 0.00000156. The molecule has 0 atom stereocenters. The fourth-order valence-electron chi connectivity index (χ4n) is 2.52. The third-order valence-corrected chi connectivity index (χ3v) is 3.80. The van der Waals surface area contributed by atoms with Crippen molar-refractivity contribution in [3.8, 4) is 0 Å². The predicted octanol–water partition coefficient (Wildman–Crippen LogP) is 2.27. The molecule has 1 amide bonds. The number of nitrogens with one attached hydrogen (secondary N) is 1. The number of pyridine rings is 1. The van der Waals surface area contributed by atoms with Crippen molar-refractivity contribution in [2.45, 2.75) is 6.54 Å². The third-order valence-electron chi connectivity index (χ3n) is 3.80. The number of hydrogen-bond acceptors (Lipinski definition) is 5. The van der Waals surface area contributed by atoms with Crippen molar-refractivity contribution in [3.63, 3.8) is 0 Å². The summed E-state index contributed by atoms with van der Waals surface area (Å²) in [6.07, 6.45) is 1.77. The number of nitrogen functional groups attached to an aromatic ring is 1. The number of nitrogens with two attached hydrogens (primary N) is 1. The number of morpholine rings is 1. The van der Waals surface area contributed by atoms with Crippen LogP contribution in [0.5, 0.6) is 0 Å². The van der Waals surface area contributed by atoms with E-state index in [1.807, 2.05) is 18.2 Å². The second kappa shape index (κ2) is 10.1. The summed E-state index contributed by atoms with van der Waals surface area (Å²) in [4.78, 5) is 18.8. The summed E-state index contributed by atoms with van der Waals surface area (Å²) in [5.74, 6) is 0.743. The molecule has 0 aliphatic carbocycles. The summed E-state index contributed by atoms with van der Waals surface area (Å²) in [6.45, 7) is 3.55. The molecule has 2 heterocycles. The van der Waals surface area contributed by atoms with Crippen molar-refractivity contribution in [1.82, 2.24) is 10.3 Å². The molecule has 1 aliphatic heterocycles. The molecular formula is C17H22Cl2N4O2. The van der Waals surface area contributed by atoms with Crippen LogP contribution in [0.4, 0.5) is 11.5 Å². The number of rotatable bonds is 4. The molecule has 0 saturated carbocycles. The minimum Gasteiger partial charge on any atom is -0.398 e. The maximum Gasteiger partial charge on any atom is 0.253 e. The number of benzene rings is 1. The largest absolute Gasteiger partial charge is 0.398 e. The molecule has 136 valence electrons. The van der Waals surface area contributed by atoms with E-state index in [0.717, 1.165) is 37.7 Å². The van der Waals surface area contributed by atoms with Gasteiger partial charge in [-0.05, 0) is 29.8 Å². The molecule has 1 saturated heterocycles. The van der Waals surface area contributed by atoms with Gasteiger partial charge in [0.1, 0.15) is 5.82 Å². The number of ether oxygens (including phenoxy) is 1. The van der Waals surface area contributed by atoms with Crippen molar-refractivity contribution in [3.05, 3.63) is 53.7 Å². The number of anilines is 2. The van der Waals surface area contributed by atoms with Crippen LogP contribution in [0.1, 0.15) is 15.9 Å². The van der Waals surface area contributed by atoms with Crippen molar-refractivity contribution in [1.29, 1.82) is 0 Å². The van der Waals surface area contributed by atoms with Crippen LogP contribution >= 0.6 is 24.8 Å². The number of carbonyl (C=O) groups excluding carboxylic acids is 1. The first kappa shape index (κ1) is 21.0. The summed E-state index contributed by atoms with van der Waals surface area (Å²) in [6, 6.07) is 10.9. The fraction of sp³-hybridized carbons (Fsp3) is 0.294. The van der Waals surface area contributed by atoms with Crippen LogP contribution in [0.15, 0.2) is 42.6 Å². The molecular weight excluding hydrogens is 363 g/mol. The number of amides is 1. The molecule has 0 spiro atoms. The highest BCUT2D eigenvalue weighted by molar-refractivity contribution is 5.99. The molecule has 1 aliphatic rings. The lowest BCUT2D eigenvalue weighted by atomic mass is 10.1. The maximum atomic E-state index is 12.2. The maximum absolute atomic E-state index is 12.2. The molecule has 3 N–H and O–H groups in total. The number of nitrogens with zero attached hydrogens (tertiary/aromatic N) is 2. The average Bonchev–Trinajstić information content (AvgIpc) is 2.61. The predicted molar refractivity (Wildman–Crippen MR) is 104 cm³/mol. The number of halogens is 2. The van der Waals surface area contributed by atoms with Gasteiger partial charge in [0.15, 0.2) is 0 Å². The van der Waals surface area contributed by atoms with Crippen molar-refractivity contribution >= 4 is 42.2 Å². The minimum atomic E-state index is -0.173. The Morgan fingerprint density at radius 2 is 1.92 bits per heavy atom. The van der Waals surface area contributed by atoms with E-state index in [1.54, 1.807) is 24.4 Å². The summed E-state index contributed by atoms with van der Waals surface area (Å²) < 4.78 is 5.35. The van der Waals surface area contributed by atoms with Crippen LogP contribution in [0.25, 0.3) is 0 Å². The molecule has 25 heavy (non-hydrogen) atoms. The lowest BCUT2D eigenvalue weighted by Crippen LogP contribution is -2.36. The van der Waals surface area contributed by atoms with Gasteiger partial charge in [-0.25, -0.2) is 4.98 Å². The zero-order valence-corrected chi connectivity index (χ0v) is 15.3. The Kier molecular flexibility index (Phi) is 8.48. The molecule has 0 bridgehead atoms. The van der Waals surface area contributed by atoms with Crippen molar-refractivity contribution < 1.29 is 9.53 Å². The van der Waals surface area contributed by atoms with E-state index in [2.05, 4.69) is 15.2 Å². The normalized spacial score (nSPS) is 13.4. The Morgan fingerprint density at radius 1 is 1.20 bits per heavy atom. The second-order valence-corrected chi connectivity index (χ2v) is 5.39. The van der Waals surface area contributed by atoms with E-state index in [1.165, 1.54) is 0 Å². The van der Waals surface area contributed by atoms with Gasteiger partial charge in [-0.3, -0.25) is 4.79 Å². The Hall–Kier alpha value is -2.02. The van der Waals surface area contributed by atoms with Gasteiger partial charge in [0, 0.05) is 31.5 Å². The van der Waals surface area contributed by atoms with E-state index in [9.17, 15) is 4.79 Å². The number of para-hydroxylation sites is 1.